The molecule has 0 aliphatic rings. The summed E-state index contributed by atoms with van der Waals surface area (Å²) >= 11 is 0. The van der Waals surface area contributed by atoms with Gasteiger partial charge < -0.3 is 14.0 Å². The summed E-state index contributed by atoms with van der Waals surface area (Å²) in [4.78, 5) is 21.3. The Bertz CT molecular complexity index is 663. The molecule has 7 nitrogen and oxygen atoms in total. The number of esters is 2. The lowest BCUT2D eigenvalue weighted by atomic mass is 10.2. The molecule has 0 aliphatic heterocycles. The summed E-state index contributed by atoms with van der Waals surface area (Å²) in [6.07, 6.45) is 1.16. The molecule has 0 bridgehead atoms. The van der Waals surface area contributed by atoms with E-state index in [-0.39, 0.29) is 11.5 Å². The molecule has 0 amide bonds. The molecule has 0 radical (unpaired) electrons. The van der Waals surface area contributed by atoms with E-state index in [9.17, 15) is 22.6 Å². The van der Waals surface area contributed by atoms with Crippen LogP contribution in [0.25, 0.3) is 0 Å². The second kappa shape index (κ2) is 11.1. The van der Waals surface area contributed by atoms with Gasteiger partial charge in [0.15, 0.2) is 0 Å². The zero-order valence-corrected chi connectivity index (χ0v) is 14.1. The predicted octanol–water partition coefficient (Wildman–Crippen LogP) is 1.57. The van der Waals surface area contributed by atoms with Gasteiger partial charge in [0.2, 0.25) is 0 Å². The second-order valence-electron chi connectivity index (χ2n) is 4.48. The maximum absolute atomic E-state index is 10.6. The monoisotopic (exact) mass is 355 g/mol. The van der Waals surface area contributed by atoms with Crippen LogP contribution in [0, 0.1) is 0 Å². The van der Waals surface area contributed by atoms with Gasteiger partial charge in [-0.25, -0.2) is 18.0 Å². The number of hydrogen-bond acceptors (Lipinski definition) is 7. The average molecular weight is 355 g/mol. The molecule has 0 spiro atoms. The van der Waals surface area contributed by atoms with Gasteiger partial charge in [-0.05, 0) is 12.5 Å². The molecular weight excluding hydrogens is 336 g/mol. The molecule has 132 valence electrons. The Morgan fingerprint density at radius 2 is 1.79 bits per heavy atom. The van der Waals surface area contributed by atoms with Gasteiger partial charge in [0, 0.05) is 11.6 Å². The third-order valence-corrected chi connectivity index (χ3v) is 2.97. The van der Waals surface area contributed by atoms with Crippen molar-refractivity contribution in [2.75, 3.05) is 12.4 Å². The molecule has 1 rings (SSSR count). The van der Waals surface area contributed by atoms with Gasteiger partial charge in [0.1, 0.15) is 13.2 Å². The lowest BCUT2D eigenvalue weighted by Gasteiger charge is -2.06. The third kappa shape index (κ3) is 12.1. The summed E-state index contributed by atoms with van der Waals surface area (Å²) < 4.78 is 39.2. The van der Waals surface area contributed by atoms with Crippen molar-refractivity contribution in [2.45, 2.75) is 13.5 Å². The Morgan fingerprint density at radius 3 is 2.25 bits per heavy atom. The molecule has 0 aliphatic carbocycles. The summed E-state index contributed by atoms with van der Waals surface area (Å²) in [5.74, 6) is -1.79. The lowest BCUT2D eigenvalue weighted by Crippen LogP contribution is -2.14. The van der Waals surface area contributed by atoms with Gasteiger partial charge in [0.25, 0.3) is 0 Å². The fraction of sp³-hybridized carbons (Fsp3) is 0.250. The topological polar surface area (TPSA) is 110 Å². The van der Waals surface area contributed by atoms with Gasteiger partial charge >= 0.3 is 11.9 Å². The first-order valence-corrected chi connectivity index (χ1v) is 8.32. The quantitative estimate of drug-likeness (QED) is 0.415. The molecule has 0 atom stereocenters. The molecule has 24 heavy (non-hydrogen) atoms. The zero-order valence-electron chi connectivity index (χ0n) is 13.3. The van der Waals surface area contributed by atoms with Crippen LogP contribution in [0.3, 0.4) is 0 Å². The van der Waals surface area contributed by atoms with Crippen molar-refractivity contribution in [2.24, 2.45) is 0 Å². The summed E-state index contributed by atoms with van der Waals surface area (Å²) in [6, 6.07) is 9.51. The summed E-state index contributed by atoms with van der Waals surface area (Å²) in [5, 5.41) is 0. The molecule has 0 saturated heterocycles. The molecule has 1 aromatic carbocycles. The SMILES string of the molecule is C=C(C)C(=O)OCCS(=O)(=O)[O-].C=CC(=O)OCc1ccccc1. The van der Waals surface area contributed by atoms with E-state index in [0.29, 0.717) is 6.61 Å². The molecular formula is C16H19O7S-. The summed E-state index contributed by atoms with van der Waals surface area (Å²) in [5.41, 5.74) is 1.14. The van der Waals surface area contributed by atoms with Crippen molar-refractivity contribution in [3.63, 3.8) is 0 Å². The molecule has 0 fully saturated rings. The highest BCUT2D eigenvalue weighted by Crippen LogP contribution is 2.00. The minimum absolute atomic E-state index is 0.165. The fourth-order valence-corrected chi connectivity index (χ4v) is 1.43. The standard InChI is InChI=1S/C10H10O2.C6H10O5S/c1-2-10(11)12-8-9-6-4-3-5-7-9;1-5(2)6(7)11-3-4-12(8,9)10/h2-7H,1,8H2;1,3-4H2,2H3,(H,8,9,10)/p-1. The van der Waals surface area contributed by atoms with Gasteiger partial charge in [0.05, 0.1) is 15.9 Å². The molecule has 0 heterocycles. The van der Waals surface area contributed by atoms with Crippen LogP contribution >= 0.6 is 0 Å². The van der Waals surface area contributed by atoms with Crippen molar-refractivity contribution >= 4 is 22.1 Å². The van der Waals surface area contributed by atoms with E-state index >= 15 is 0 Å². The highest BCUT2D eigenvalue weighted by molar-refractivity contribution is 7.85. The highest BCUT2D eigenvalue weighted by Gasteiger charge is 2.03. The van der Waals surface area contributed by atoms with Crippen molar-refractivity contribution in [1.82, 2.24) is 0 Å². The fourth-order valence-electron chi connectivity index (χ4n) is 1.15. The average Bonchev–Trinajstić information content (AvgIpc) is 2.52. The predicted molar refractivity (Wildman–Crippen MR) is 86.8 cm³/mol. The third-order valence-electron chi connectivity index (χ3n) is 2.31. The first-order chi connectivity index (χ1) is 11.2. The Balaban J connectivity index is 0.000000441. The van der Waals surface area contributed by atoms with Crippen LogP contribution in [0.2, 0.25) is 0 Å². The molecule has 8 heteroatoms. The summed E-state index contributed by atoms with van der Waals surface area (Å²) in [7, 11) is -4.30. The Hall–Kier alpha value is -2.45. The summed E-state index contributed by atoms with van der Waals surface area (Å²) in [6.45, 7) is 7.88. The van der Waals surface area contributed by atoms with Crippen molar-refractivity contribution in [3.8, 4) is 0 Å². The number of benzene rings is 1. The van der Waals surface area contributed by atoms with Gasteiger partial charge in [-0.2, -0.15) is 0 Å². The molecule has 1 aromatic rings. The minimum atomic E-state index is -4.30. The molecule has 0 N–H and O–H groups in total. The molecule has 0 saturated carbocycles. The van der Waals surface area contributed by atoms with E-state index in [1.54, 1.807) is 0 Å². The maximum Gasteiger partial charge on any atom is 0.333 e. The number of carbonyl (C=O) groups is 2. The van der Waals surface area contributed by atoms with Gasteiger partial charge in [-0.15, -0.1) is 0 Å². The van der Waals surface area contributed by atoms with Crippen LogP contribution in [0.5, 0.6) is 0 Å². The Morgan fingerprint density at radius 1 is 1.21 bits per heavy atom. The second-order valence-corrected chi connectivity index (χ2v) is 6.00. The largest absolute Gasteiger partial charge is 0.748 e. The van der Waals surface area contributed by atoms with Gasteiger partial charge in [-0.3, -0.25) is 0 Å². The van der Waals surface area contributed by atoms with Crippen molar-refractivity contribution in [3.05, 3.63) is 60.7 Å². The highest BCUT2D eigenvalue weighted by atomic mass is 32.2. The number of hydrogen-bond donors (Lipinski definition) is 0. The van der Waals surface area contributed by atoms with E-state index in [4.69, 9.17) is 4.74 Å². The maximum atomic E-state index is 10.6. The normalized spacial score (nSPS) is 9.92. The van der Waals surface area contributed by atoms with Crippen molar-refractivity contribution < 1.29 is 32.0 Å². The van der Waals surface area contributed by atoms with Crippen LogP contribution in [0.15, 0.2) is 55.1 Å². The Kier molecular flexibility index (Phi) is 10.0. The van der Waals surface area contributed by atoms with Gasteiger partial charge in [-0.1, -0.05) is 43.5 Å². The van der Waals surface area contributed by atoms with E-state index in [1.807, 2.05) is 30.3 Å². The number of carbonyl (C=O) groups excluding carboxylic acids is 2. The molecule has 0 aromatic heterocycles. The Labute approximate surface area is 141 Å². The van der Waals surface area contributed by atoms with E-state index in [1.165, 1.54) is 6.92 Å². The zero-order chi connectivity index (χ0) is 18.6. The van der Waals surface area contributed by atoms with E-state index in [2.05, 4.69) is 17.9 Å². The van der Waals surface area contributed by atoms with Crippen LogP contribution in [0.4, 0.5) is 0 Å². The van der Waals surface area contributed by atoms with E-state index in [0.717, 1.165) is 11.6 Å². The lowest BCUT2D eigenvalue weighted by molar-refractivity contribution is -0.139. The van der Waals surface area contributed by atoms with Crippen LogP contribution < -0.4 is 0 Å². The van der Waals surface area contributed by atoms with Crippen LogP contribution in [-0.4, -0.2) is 37.3 Å². The van der Waals surface area contributed by atoms with Crippen molar-refractivity contribution in [1.29, 1.82) is 0 Å². The van der Waals surface area contributed by atoms with Crippen LogP contribution in [0.1, 0.15) is 12.5 Å². The number of rotatable bonds is 7. The first-order valence-electron chi connectivity index (χ1n) is 6.75. The first kappa shape index (κ1) is 21.6. The van der Waals surface area contributed by atoms with Crippen LogP contribution in [-0.2, 0) is 35.8 Å². The minimum Gasteiger partial charge on any atom is -0.748 e. The molecule has 0 unspecified atom stereocenters. The van der Waals surface area contributed by atoms with E-state index < -0.39 is 28.4 Å². The smallest absolute Gasteiger partial charge is 0.333 e. The number of ether oxygens (including phenoxy) is 2.